The third-order valence-electron chi connectivity index (χ3n) is 3.95. The Labute approximate surface area is 110 Å². The van der Waals surface area contributed by atoms with E-state index in [1.807, 2.05) is 0 Å². The van der Waals surface area contributed by atoms with E-state index in [9.17, 15) is 13.2 Å². The van der Waals surface area contributed by atoms with Gasteiger partial charge in [0.25, 0.3) is 0 Å². The highest BCUT2D eigenvalue weighted by molar-refractivity contribution is 5.26. The largest absolute Gasteiger partial charge is 0.314 e. The van der Waals surface area contributed by atoms with Crippen LogP contribution < -0.4 is 5.32 Å². The maximum absolute atomic E-state index is 14.0. The summed E-state index contributed by atoms with van der Waals surface area (Å²) in [5.41, 5.74) is 0.182. The molecule has 0 spiro atoms. The zero-order chi connectivity index (χ0) is 13.4. The standard InChI is InChI=1S/C14H17F3N2/c15-10-7-11(13(17)12(16)8-10)14(9-1-2-9)19-5-3-18-4-6-19/h7-9,14,18H,1-6H2/t14-/m0/s1. The molecule has 1 aliphatic carbocycles. The molecule has 0 unspecified atom stereocenters. The number of nitrogens with one attached hydrogen (secondary N) is 1. The summed E-state index contributed by atoms with van der Waals surface area (Å²) >= 11 is 0. The van der Waals surface area contributed by atoms with Crippen molar-refractivity contribution in [3.8, 4) is 0 Å². The summed E-state index contributed by atoms with van der Waals surface area (Å²) in [4.78, 5) is 2.14. The molecule has 104 valence electrons. The van der Waals surface area contributed by atoms with Crippen LogP contribution in [0.3, 0.4) is 0 Å². The zero-order valence-electron chi connectivity index (χ0n) is 10.6. The minimum Gasteiger partial charge on any atom is -0.314 e. The lowest BCUT2D eigenvalue weighted by atomic mass is 9.98. The summed E-state index contributed by atoms with van der Waals surface area (Å²) in [6, 6.07) is 1.58. The average Bonchev–Trinajstić information content (AvgIpc) is 3.21. The molecular weight excluding hydrogens is 253 g/mol. The molecule has 1 aromatic carbocycles. The molecule has 1 aliphatic heterocycles. The van der Waals surface area contributed by atoms with Gasteiger partial charge in [0.1, 0.15) is 5.82 Å². The monoisotopic (exact) mass is 270 g/mol. The van der Waals surface area contributed by atoms with Crippen molar-refractivity contribution >= 4 is 0 Å². The Kier molecular flexibility index (Phi) is 3.50. The van der Waals surface area contributed by atoms with Crippen LogP contribution in [0.25, 0.3) is 0 Å². The first-order valence-electron chi connectivity index (χ1n) is 6.76. The van der Waals surface area contributed by atoms with Crippen molar-refractivity contribution in [2.75, 3.05) is 26.2 Å². The van der Waals surface area contributed by atoms with Crippen LogP contribution in [0.1, 0.15) is 24.4 Å². The van der Waals surface area contributed by atoms with Crippen molar-refractivity contribution in [2.24, 2.45) is 5.92 Å². The third kappa shape index (κ3) is 2.62. The van der Waals surface area contributed by atoms with Crippen LogP contribution in [0.5, 0.6) is 0 Å². The molecule has 19 heavy (non-hydrogen) atoms. The lowest BCUT2D eigenvalue weighted by molar-refractivity contribution is 0.152. The number of nitrogens with zero attached hydrogens (tertiary/aromatic N) is 1. The van der Waals surface area contributed by atoms with Crippen molar-refractivity contribution in [3.63, 3.8) is 0 Å². The van der Waals surface area contributed by atoms with Crippen molar-refractivity contribution < 1.29 is 13.2 Å². The van der Waals surface area contributed by atoms with E-state index in [-0.39, 0.29) is 11.6 Å². The predicted octanol–water partition coefficient (Wildman–Crippen LogP) is 2.46. The van der Waals surface area contributed by atoms with Gasteiger partial charge in [-0.05, 0) is 24.8 Å². The summed E-state index contributed by atoms with van der Waals surface area (Å²) in [6.45, 7) is 3.25. The summed E-state index contributed by atoms with van der Waals surface area (Å²) in [5.74, 6) is -2.35. The van der Waals surface area contributed by atoms with Crippen LogP contribution >= 0.6 is 0 Å². The van der Waals surface area contributed by atoms with Gasteiger partial charge in [0.15, 0.2) is 11.6 Å². The summed E-state index contributed by atoms with van der Waals surface area (Å²) in [5, 5.41) is 3.23. The Bertz CT molecular complexity index is 468. The smallest absolute Gasteiger partial charge is 0.163 e. The highest BCUT2D eigenvalue weighted by Gasteiger charge is 2.38. The van der Waals surface area contributed by atoms with Gasteiger partial charge in [-0.1, -0.05) is 0 Å². The zero-order valence-corrected chi connectivity index (χ0v) is 10.6. The van der Waals surface area contributed by atoms with Crippen LogP contribution in [0.4, 0.5) is 13.2 Å². The molecule has 0 bridgehead atoms. The maximum atomic E-state index is 14.0. The number of hydrogen-bond donors (Lipinski definition) is 1. The van der Waals surface area contributed by atoms with E-state index in [0.717, 1.165) is 45.1 Å². The number of hydrogen-bond acceptors (Lipinski definition) is 2. The number of benzene rings is 1. The number of halogens is 3. The maximum Gasteiger partial charge on any atom is 0.163 e. The van der Waals surface area contributed by atoms with Crippen LogP contribution in [-0.2, 0) is 0 Å². The third-order valence-corrected chi connectivity index (χ3v) is 3.95. The topological polar surface area (TPSA) is 15.3 Å². The summed E-state index contributed by atoms with van der Waals surface area (Å²) in [6.07, 6.45) is 2.01. The molecule has 1 saturated carbocycles. The molecule has 0 aromatic heterocycles. The van der Waals surface area contributed by atoms with Gasteiger partial charge in [0.2, 0.25) is 0 Å². The minimum absolute atomic E-state index is 0.182. The van der Waals surface area contributed by atoms with E-state index >= 15 is 0 Å². The summed E-state index contributed by atoms with van der Waals surface area (Å²) < 4.78 is 40.8. The molecule has 1 saturated heterocycles. The minimum atomic E-state index is -1.09. The van der Waals surface area contributed by atoms with E-state index in [1.54, 1.807) is 0 Å². The highest BCUT2D eigenvalue weighted by Crippen LogP contribution is 2.45. The van der Waals surface area contributed by atoms with Crippen molar-refractivity contribution in [1.82, 2.24) is 10.2 Å². The van der Waals surface area contributed by atoms with Gasteiger partial charge in [-0.3, -0.25) is 4.90 Å². The normalized spacial score (nSPS) is 22.5. The van der Waals surface area contributed by atoms with Crippen molar-refractivity contribution in [3.05, 3.63) is 35.1 Å². The molecule has 2 fully saturated rings. The molecule has 1 N–H and O–H groups in total. The summed E-state index contributed by atoms with van der Waals surface area (Å²) in [7, 11) is 0. The molecule has 0 amide bonds. The molecule has 5 heteroatoms. The second kappa shape index (κ2) is 5.13. The van der Waals surface area contributed by atoms with Crippen molar-refractivity contribution in [2.45, 2.75) is 18.9 Å². The SMILES string of the molecule is Fc1cc(F)c(F)c([C@H](C2CC2)N2CCNCC2)c1. The Morgan fingerprint density at radius 2 is 1.79 bits per heavy atom. The van der Waals surface area contributed by atoms with Gasteiger partial charge in [0, 0.05) is 43.9 Å². The molecule has 2 nitrogen and oxygen atoms in total. The van der Waals surface area contributed by atoms with Gasteiger partial charge in [-0.25, -0.2) is 13.2 Å². The number of rotatable bonds is 3. The van der Waals surface area contributed by atoms with E-state index in [4.69, 9.17) is 0 Å². The van der Waals surface area contributed by atoms with E-state index in [2.05, 4.69) is 10.2 Å². The average molecular weight is 270 g/mol. The fourth-order valence-corrected chi connectivity index (χ4v) is 2.91. The Balaban J connectivity index is 1.95. The first kappa shape index (κ1) is 12.9. The van der Waals surface area contributed by atoms with E-state index < -0.39 is 17.5 Å². The lowest BCUT2D eigenvalue weighted by Gasteiger charge is -2.35. The number of piperazine rings is 1. The molecule has 3 rings (SSSR count). The Hall–Kier alpha value is -1.07. The van der Waals surface area contributed by atoms with Crippen molar-refractivity contribution in [1.29, 1.82) is 0 Å². The molecule has 2 aliphatic rings. The van der Waals surface area contributed by atoms with Gasteiger partial charge >= 0.3 is 0 Å². The van der Waals surface area contributed by atoms with Crippen LogP contribution in [0, 0.1) is 23.4 Å². The quantitative estimate of drug-likeness (QED) is 0.849. The molecular formula is C14H17F3N2. The second-order valence-corrected chi connectivity index (χ2v) is 5.36. The van der Waals surface area contributed by atoms with Crippen LogP contribution in [0.2, 0.25) is 0 Å². The Morgan fingerprint density at radius 3 is 2.42 bits per heavy atom. The highest BCUT2D eigenvalue weighted by atomic mass is 19.2. The lowest BCUT2D eigenvalue weighted by Crippen LogP contribution is -2.46. The first-order valence-corrected chi connectivity index (χ1v) is 6.76. The first-order chi connectivity index (χ1) is 9.16. The molecule has 1 aromatic rings. The van der Waals surface area contributed by atoms with Gasteiger partial charge in [0.05, 0.1) is 0 Å². The van der Waals surface area contributed by atoms with Crippen LogP contribution in [-0.4, -0.2) is 31.1 Å². The fraction of sp³-hybridized carbons (Fsp3) is 0.571. The Morgan fingerprint density at radius 1 is 1.11 bits per heavy atom. The van der Waals surface area contributed by atoms with Crippen LogP contribution in [0.15, 0.2) is 12.1 Å². The van der Waals surface area contributed by atoms with Gasteiger partial charge < -0.3 is 5.32 Å². The molecule has 0 radical (unpaired) electrons. The molecule has 1 atom stereocenters. The van der Waals surface area contributed by atoms with Gasteiger partial charge in [-0.15, -0.1) is 0 Å². The molecule has 1 heterocycles. The van der Waals surface area contributed by atoms with Gasteiger partial charge in [-0.2, -0.15) is 0 Å². The van der Waals surface area contributed by atoms with E-state index in [0.29, 0.717) is 12.0 Å². The fourth-order valence-electron chi connectivity index (χ4n) is 2.91. The predicted molar refractivity (Wildman–Crippen MR) is 66.2 cm³/mol. The second-order valence-electron chi connectivity index (χ2n) is 5.36. The van der Waals surface area contributed by atoms with E-state index in [1.165, 1.54) is 0 Å².